The van der Waals surface area contributed by atoms with Gasteiger partial charge < -0.3 is 18.7 Å². The quantitative estimate of drug-likeness (QED) is 0.421. The van der Waals surface area contributed by atoms with Crippen LogP contribution in [0.5, 0.6) is 0 Å². The summed E-state index contributed by atoms with van der Waals surface area (Å²) in [5.74, 6) is 0.919. The highest BCUT2D eigenvalue weighted by molar-refractivity contribution is 5.73. The van der Waals surface area contributed by atoms with Crippen LogP contribution in [0.15, 0.2) is 0 Å². The first-order valence-electron chi connectivity index (χ1n) is 13.6. The Morgan fingerprint density at radius 2 is 1.18 bits per heavy atom. The molecule has 4 aliphatic carbocycles. The van der Waals surface area contributed by atoms with Crippen LogP contribution in [0.2, 0.25) is 0 Å². The maximum atomic E-state index is 13.2. The molecule has 0 spiro atoms. The molecule has 0 N–H and O–H groups in total. The summed E-state index contributed by atoms with van der Waals surface area (Å²) < 4.78 is 18.3. The molecule has 0 radical (unpaired) electrons. The number of quaternary nitrogens is 1. The second kappa shape index (κ2) is 7.93. The van der Waals surface area contributed by atoms with E-state index in [4.69, 9.17) is 14.2 Å². The van der Waals surface area contributed by atoms with Crippen molar-refractivity contribution in [1.82, 2.24) is 0 Å². The van der Waals surface area contributed by atoms with Gasteiger partial charge in [-0.15, -0.1) is 0 Å². The van der Waals surface area contributed by atoms with E-state index in [2.05, 4.69) is 41.5 Å². The molecular formula is C28H46NO5+. The molecule has 6 atom stereocenters. The van der Waals surface area contributed by atoms with Gasteiger partial charge in [0.2, 0.25) is 0 Å². The highest BCUT2D eigenvalue weighted by atomic mass is 16.6. The van der Waals surface area contributed by atoms with Crippen LogP contribution in [0.4, 0.5) is 0 Å². The van der Waals surface area contributed by atoms with Crippen LogP contribution in [0.1, 0.15) is 80.1 Å². The first-order valence-corrected chi connectivity index (χ1v) is 13.6. The lowest BCUT2D eigenvalue weighted by atomic mass is 9.70. The van der Waals surface area contributed by atoms with Crippen molar-refractivity contribution < 1.29 is 28.3 Å². The van der Waals surface area contributed by atoms with Crippen LogP contribution in [0.25, 0.3) is 0 Å². The Morgan fingerprint density at radius 1 is 0.765 bits per heavy atom. The van der Waals surface area contributed by atoms with E-state index in [1.807, 2.05) is 0 Å². The fraction of sp³-hybridized carbons (Fsp3) is 0.929. The van der Waals surface area contributed by atoms with Crippen LogP contribution >= 0.6 is 0 Å². The summed E-state index contributed by atoms with van der Waals surface area (Å²) in [7, 11) is 0. The molecular weight excluding hydrogens is 430 g/mol. The average molecular weight is 477 g/mol. The van der Waals surface area contributed by atoms with Gasteiger partial charge >= 0.3 is 11.9 Å². The number of nitrogens with zero attached hydrogens (tertiary/aromatic N) is 1. The van der Waals surface area contributed by atoms with E-state index in [0.29, 0.717) is 42.6 Å². The number of carbonyl (C=O) groups is 2. The van der Waals surface area contributed by atoms with Crippen molar-refractivity contribution in [3.63, 3.8) is 0 Å². The predicted molar refractivity (Wildman–Crippen MR) is 129 cm³/mol. The number of ether oxygens (including phenoxy) is 3. The SMILES string of the molecule is CC1(C)[C@H]2CC[C@@]1(C)[C@H](OC(=O)C[N+]1(CC(=O)O[C@@H]3C[C@H]4CC[C@@]3(C)C4(C)C)CCOCC1)C2. The maximum Gasteiger partial charge on any atom is 0.362 e. The Balaban J connectivity index is 1.23. The largest absolute Gasteiger partial charge is 0.458 e. The zero-order chi connectivity index (χ0) is 24.6. The lowest BCUT2D eigenvalue weighted by molar-refractivity contribution is -0.921. The van der Waals surface area contributed by atoms with Gasteiger partial charge in [-0.25, -0.2) is 9.59 Å². The van der Waals surface area contributed by atoms with Crippen molar-refractivity contribution in [3.05, 3.63) is 0 Å². The third kappa shape index (κ3) is 3.48. The Morgan fingerprint density at radius 3 is 1.50 bits per heavy atom. The first kappa shape index (κ1) is 24.5. The summed E-state index contributed by atoms with van der Waals surface area (Å²) in [5.41, 5.74) is 0.507. The van der Waals surface area contributed by atoms with Gasteiger partial charge in [-0.2, -0.15) is 0 Å². The minimum Gasteiger partial charge on any atom is -0.458 e. The topological polar surface area (TPSA) is 61.8 Å². The van der Waals surface area contributed by atoms with Crippen LogP contribution in [0, 0.1) is 33.5 Å². The summed E-state index contributed by atoms with van der Waals surface area (Å²) >= 11 is 0. The Hall–Kier alpha value is -1.14. The third-order valence-electron chi connectivity index (χ3n) is 12.3. The first-order chi connectivity index (χ1) is 15.8. The van der Waals surface area contributed by atoms with E-state index in [-0.39, 0.29) is 58.9 Å². The molecule has 5 rings (SSSR count). The second-order valence-corrected chi connectivity index (χ2v) is 13.9. The molecule has 6 nitrogen and oxygen atoms in total. The number of rotatable bonds is 6. The van der Waals surface area contributed by atoms with E-state index >= 15 is 0 Å². The lowest BCUT2D eigenvalue weighted by Gasteiger charge is -2.42. The smallest absolute Gasteiger partial charge is 0.362 e. The summed E-state index contributed by atoms with van der Waals surface area (Å²) in [5, 5.41) is 0. The molecule has 1 aliphatic heterocycles. The van der Waals surface area contributed by atoms with E-state index in [1.54, 1.807) is 0 Å². The van der Waals surface area contributed by atoms with E-state index in [9.17, 15) is 9.59 Å². The molecule has 0 aromatic heterocycles. The number of carbonyl (C=O) groups excluding carboxylic acids is 2. The highest BCUT2D eigenvalue weighted by Crippen LogP contribution is 2.67. The molecule has 6 heteroatoms. The van der Waals surface area contributed by atoms with Crippen LogP contribution in [-0.2, 0) is 23.8 Å². The third-order valence-corrected chi connectivity index (χ3v) is 12.3. The lowest BCUT2D eigenvalue weighted by Crippen LogP contribution is -2.60. The number of morpholine rings is 1. The molecule has 4 bridgehead atoms. The van der Waals surface area contributed by atoms with Crippen molar-refractivity contribution in [2.24, 2.45) is 33.5 Å². The molecule has 0 aromatic rings. The monoisotopic (exact) mass is 476 g/mol. The average Bonchev–Trinajstić information content (AvgIpc) is 3.26. The van der Waals surface area contributed by atoms with Gasteiger partial charge in [0.15, 0.2) is 13.1 Å². The van der Waals surface area contributed by atoms with Crippen molar-refractivity contribution in [1.29, 1.82) is 0 Å². The van der Waals surface area contributed by atoms with Gasteiger partial charge in [-0.05, 0) is 61.2 Å². The highest BCUT2D eigenvalue weighted by Gasteiger charge is 2.64. The molecule has 34 heavy (non-hydrogen) atoms. The normalized spacial score (nSPS) is 43.1. The van der Waals surface area contributed by atoms with Crippen LogP contribution < -0.4 is 0 Å². The molecule has 5 fully saturated rings. The Kier molecular flexibility index (Phi) is 5.73. The number of fused-ring (bicyclic) bond motifs is 4. The zero-order valence-electron chi connectivity index (χ0n) is 22.3. The second-order valence-electron chi connectivity index (χ2n) is 13.9. The summed E-state index contributed by atoms with van der Waals surface area (Å²) in [6.45, 7) is 16.8. The molecule has 4 saturated carbocycles. The Bertz CT molecular complexity index is 784. The van der Waals surface area contributed by atoms with Crippen molar-refractivity contribution in [2.75, 3.05) is 39.4 Å². The zero-order valence-corrected chi connectivity index (χ0v) is 22.3. The molecule has 5 aliphatic rings. The molecule has 0 aromatic carbocycles. The van der Waals surface area contributed by atoms with Crippen LogP contribution in [0.3, 0.4) is 0 Å². The van der Waals surface area contributed by atoms with Gasteiger partial charge in [-0.3, -0.25) is 0 Å². The number of esters is 2. The summed E-state index contributed by atoms with van der Waals surface area (Å²) in [6.07, 6.45) is 6.63. The molecule has 1 saturated heterocycles. The van der Waals surface area contributed by atoms with Gasteiger partial charge in [0, 0.05) is 10.8 Å². The molecule has 0 amide bonds. The van der Waals surface area contributed by atoms with Gasteiger partial charge in [-0.1, -0.05) is 41.5 Å². The van der Waals surface area contributed by atoms with E-state index < -0.39 is 0 Å². The van der Waals surface area contributed by atoms with Gasteiger partial charge in [0.05, 0.1) is 13.2 Å². The maximum absolute atomic E-state index is 13.2. The molecule has 0 unspecified atom stereocenters. The van der Waals surface area contributed by atoms with Crippen molar-refractivity contribution >= 4 is 11.9 Å². The van der Waals surface area contributed by atoms with E-state index in [0.717, 1.165) is 25.7 Å². The number of hydrogen-bond acceptors (Lipinski definition) is 5. The minimum atomic E-state index is -0.169. The molecule has 192 valence electrons. The number of hydrogen-bond donors (Lipinski definition) is 0. The molecule has 1 heterocycles. The fourth-order valence-corrected chi connectivity index (χ4v) is 8.66. The predicted octanol–water partition coefficient (Wildman–Crippen LogP) is 4.35. The van der Waals surface area contributed by atoms with Crippen molar-refractivity contribution in [3.8, 4) is 0 Å². The standard InChI is InChI=1S/C28H46NO5/c1-25(2)19-7-9-27(25,5)21(15-19)33-23(30)17-29(11-13-32-14-12-29)18-24(31)34-22-16-20-8-10-28(22,6)26(20,3)4/h19-22H,7-18H2,1-6H3/q+1/t19-,20+,21-,22-,27-,28+/m1/s1. The Labute approximate surface area is 205 Å². The van der Waals surface area contributed by atoms with Gasteiger partial charge in [0.1, 0.15) is 25.3 Å². The minimum absolute atomic E-state index is 0.0157. The van der Waals surface area contributed by atoms with Crippen LogP contribution in [-0.4, -0.2) is 68.0 Å². The van der Waals surface area contributed by atoms with E-state index in [1.165, 1.54) is 12.8 Å². The summed E-state index contributed by atoms with van der Waals surface area (Å²) in [6, 6.07) is 0. The fourth-order valence-electron chi connectivity index (χ4n) is 8.66. The van der Waals surface area contributed by atoms with Crippen molar-refractivity contribution in [2.45, 2.75) is 92.3 Å². The summed E-state index contributed by atoms with van der Waals surface area (Å²) in [4.78, 5) is 26.5. The van der Waals surface area contributed by atoms with Gasteiger partial charge in [0.25, 0.3) is 0 Å².